The van der Waals surface area contributed by atoms with Crippen LogP contribution in [0, 0.1) is 13.8 Å². The van der Waals surface area contributed by atoms with Crippen LogP contribution >= 0.6 is 11.6 Å². The number of nitrogens with one attached hydrogen (secondary N) is 1. The van der Waals surface area contributed by atoms with Gasteiger partial charge in [-0.2, -0.15) is 0 Å². The van der Waals surface area contributed by atoms with Crippen molar-refractivity contribution in [3.05, 3.63) is 57.9 Å². The van der Waals surface area contributed by atoms with Crippen LogP contribution in [-0.2, 0) is 9.53 Å². The van der Waals surface area contributed by atoms with Gasteiger partial charge in [0.1, 0.15) is 0 Å². The maximum absolute atomic E-state index is 12.3. The molecule has 0 spiro atoms. The van der Waals surface area contributed by atoms with Crippen LogP contribution < -0.4 is 0 Å². The summed E-state index contributed by atoms with van der Waals surface area (Å²) in [5, 5.41) is 0.526. The van der Waals surface area contributed by atoms with Gasteiger partial charge in [0.2, 0.25) is 0 Å². The van der Waals surface area contributed by atoms with E-state index in [1.54, 1.807) is 19.1 Å². The zero-order valence-corrected chi connectivity index (χ0v) is 13.1. The van der Waals surface area contributed by atoms with Crippen molar-refractivity contribution in [2.75, 3.05) is 6.61 Å². The molecule has 0 radical (unpaired) electrons. The molecule has 1 aromatic heterocycles. The lowest BCUT2D eigenvalue weighted by molar-refractivity contribution is -0.136. The van der Waals surface area contributed by atoms with Crippen LogP contribution in [0.1, 0.15) is 29.4 Å². The average molecular weight is 304 g/mol. The molecule has 0 aliphatic heterocycles. The van der Waals surface area contributed by atoms with Gasteiger partial charge in [0, 0.05) is 22.0 Å². The number of carbonyl (C=O) groups is 1. The van der Waals surface area contributed by atoms with Gasteiger partial charge in [-0.05, 0) is 44.5 Å². The highest BCUT2D eigenvalue weighted by atomic mass is 35.5. The van der Waals surface area contributed by atoms with E-state index in [9.17, 15) is 4.79 Å². The minimum absolute atomic E-state index is 0.323. The Morgan fingerprint density at radius 2 is 2.05 bits per heavy atom. The number of rotatable bonds is 4. The molecule has 0 amide bonds. The summed E-state index contributed by atoms with van der Waals surface area (Å²) >= 11 is 6.22. The summed E-state index contributed by atoms with van der Waals surface area (Å²) in [6.07, 6.45) is 1.79. The van der Waals surface area contributed by atoms with Crippen molar-refractivity contribution in [3.63, 3.8) is 0 Å². The van der Waals surface area contributed by atoms with Crippen LogP contribution in [0.25, 0.3) is 11.6 Å². The second kappa shape index (κ2) is 6.64. The van der Waals surface area contributed by atoms with Crippen molar-refractivity contribution >= 4 is 29.2 Å². The molecular formula is C17H18ClNO2. The van der Waals surface area contributed by atoms with Crippen molar-refractivity contribution in [2.45, 2.75) is 20.8 Å². The molecule has 1 aromatic carbocycles. The molecule has 0 saturated carbocycles. The molecule has 0 aliphatic rings. The summed E-state index contributed by atoms with van der Waals surface area (Å²) in [5.74, 6) is -0.378. The molecule has 0 aliphatic carbocycles. The Morgan fingerprint density at radius 3 is 2.62 bits per heavy atom. The molecule has 21 heavy (non-hydrogen) atoms. The Morgan fingerprint density at radius 1 is 1.33 bits per heavy atom. The Bertz CT molecular complexity index is 686. The Labute approximate surface area is 129 Å². The molecular weight excluding hydrogens is 286 g/mol. The highest BCUT2D eigenvalue weighted by Crippen LogP contribution is 2.27. The van der Waals surface area contributed by atoms with Gasteiger partial charge in [-0.15, -0.1) is 0 Å². The van der Waals surface area contributed by atoms with Crippen molar-refractivity contribution in [1.82, 2.24) is 4.98 Å². The van der Waals surface area contributed by atoms with Gasteiger partial charge in [-0.3, -0.25) is 0 Å². The second-order valence-corrected chi connectivity index (χ2v) is 5.21. The zero-order chi connectivity index (χ0) is 15.4. The van der Waals surface area contributed by atoms with Crippen molar-refractivity contribution in [3.8, 4) is 0 Å². The smallest absolute Gasteiger partial charge is 0.338 e. The number of halogens is 1. The summed E-state index contributed by atoms with van der Waals surface area (Å²) in [6, 6.07) is 9.29. The summed E-state index contributed by atoms with van der Waals surface area (Å²) < 4.78 is 5.15. The third-order valence-corrected chi connectivity index (χ3v) is 3.47. The molecule has 110 valence electrons. The Hall–Kier alpha value is -2.00. The van der Waals surface area contributed by atoms with E-state index in [4.69, 9.17) is 16.3 Å². The zero-order valence-electron chi connectivity index (χ0n) is 12.4. The SMILES string of the molecule is CCOC(=O)/C(=C\c1[nH]c(C)cc1C)c1ccccc1Cl. The molecule has 1 N–H and O–H groups in total. The van der Waals surface area contributed by atoms with E-state index in [-0.39, 0.29) is 5.97 Å². The van der Waals surface area contributed by atoms with Crippen LogP contribution in [0.2, 0.25) is 5.02 Å². The number of aromatic nitrogens is 1. The number of hydrogen-bond donors (Lipinski definition) is 1. The standard InChI is InChI=1S/C17H18ClNO2/c1-4-21-17(20)14(13-7-5-6-8-15(13)18)10-16-11(2)9-12(3)19-16/h5-10,19H,4H2,1-3H3/b14-10-. The number of ether oxygens (including phenoxy) is 1. The molecule has 2 rings (SSSR count). The first kappa shape index (κ1) is 15.4. The number of H-pyrrole nitrogens is 1. The van der Waals surface area contributed by atoms with Crippen molar-refractivity contribution in [2.24, 2.45) is 0 Å². The minimum atomic E-state index is -0.378. The van der Waals surface area contributed by atoms with Crippen molar-refractivity contribution < 1.29 is 9.53 Å². The monoisotopic (exact) mass is 303 g/mol. The third-order valence-electron chi connectivity index (χ3n) is 3.14. The van der Waals surface area contributed by atoms with E-state index >= 15 is 0 Å². The summed E-state index contributed by atoms with van der Waals surface area (Å²) in [6.45, 7) is 6.07. The van der Waals surface area contributed by atoms with E-state index in [0.29, 0.717) is 22.8 Å². The Balaban J connectivity index is 2.54. The molecule has 0 unspecified atom stereocenters. The van der Waals surface area contributed by atoms with Gasteiger partial charge < -0.3 is 9.72 Å². The van der Waals surface area contributed by atoms with Gasteiger partial charge >= 0.3 is 5.97 Å². The van der Waals surface area contributed by atoms with Gasteiger partial charge in [-0.25, -0.2) is 4.79 Å². The lowest BCUT2D eigenvalue weighted by atomic mass is 10.0. The Kier molecular flexibility index (Phi) is 4.86. The van der Waals surface area contributed by atoms with Crippen LogP contribution in [0.4, 0.5) is 0 Å². The predicted octanol–water partition coefficient (Wildman–Crippen LogP) is 4.39. The molecule has 0 saturated heterocycles. The van der Waals surface area contributed by atoms with Crippen LogP contribution in [0.3, 0.4) is 0 Å². The fourth-order valence-electron chi connectivity index (χ4n) is 2.18. The average Bonchev–Trinajstić information content (AvgIpc) is 2.75. The molecule has 0 fully saturated rings. The number of aromatic amines is 1. The molecule has 3 nitrogen and oxygen atoms in total. The second-order valence-electron chi connectivity index (χ2n) is 4.81. The third kappa shape index (κ3) is 3.56. The fourth-order valence-corrected chi connectivity index (χ4v) is 2.42. The van der Waals surface area contributed by atoms with Gasteiger partial charge in [0.05, 0.1) is 12.2 Å². The lowest BCUT2D eigenvalue weighted by Gasteiger charge is -2.09. The molecule has 0 bridgehead atoms. The van der Waals surface area contributed by atoms with Crippen LogP contribution in [-0.4, -0.2) is 17.6 Å². The molecule has 4 heteroatoms. The number of carbonyl (C=O) groups excluding carboxylic acids is 1. The van der Waals surface area contributed by atoms with E-state index in [2.05, 4.69) is 4.98 Å². The lowest BCUT2D eigenvalue weighted by Crippen LogP contribution is -2.07. The summed E-state index contributed by atoms with van der Waals surface area (Å²) in [4.78, 5) is 15.5. The predicted molar refractivity (Wildman–Crippen MR) is 86.2 cm³/mol. The van der Waals surface area contributed by atoms with E-state index < -0.39 is 0 Å². The normalized spacial score (nSPS) is 11.5. The van der Waals surface area contributed by atoms with E-state index in [1.165, 1.54) is 0 Å². The highest BCUT2D eigenvalue weighted by molar-refractivity contribution is 6.35. The molecule has 0 atom stereocenters. The summed E-state index contributed by atoms with van der Waals surface area (Å²) in [5.41, 5.74) is 4.12. The first-order chi connectivity index (χ1) is 10.0. The number of aryl methyl sites for hydroxylation is 2. The highest BCUT2D eigenvalue weighted by Gasteiger charge is 2.17. The molecule has 2 aromatic rings. The minimum Gasteiger partial charge on any atom is -0.462 e. The van der Waals surface area contributed by atoms with Gasteiger partial charge in [-0.1, -0.05) is 29.8 Å². The van der Waals surface area contributed by atoms with E-state index in [1.807, 2.05) is 38.1 Å². The number of hydrogen-bond acceptors (Lipinski definition) is 2. The largest absolute Gasteiger partial charge is 0.462 e. The fraction of sp³-hybridized carbons (Fsp3) is 0.235. The first-order valence-corrected chi connectivity index (χ1v) is 7.20. The maximum Gasteiger partial charge on any atom is 0.338 e. The maximum atomic E-state index is 12.3. The first-order valence-electron chi connectivity index (χ1n) is 6.83. The van der Waals surface area contributed by atoms with E-state index in [0.717, 1.165) is 17.0 Å². The number of benzene rings is 1. The number of esters is 1. The van der Waals surface area contributed by atoms with Crippen molar-refractivity contribution in [1.29, 1.82) is 0 Å². The van der Waals surface area contributed by atoms with Crippen LogP contribution in [0.5, 0.6) is 0 Å². The molecule has 1 heterocycles. The van der Waals surface area contributed by atoms with Crippen LogP contribution in [0.15, 0.2) is 30.3 Å². The summed E-state index contributed by atoms with van der Waals surface area (Å²) in [7, 11) is 0. The topological polar surface area (TPSA) is 42.1 Å². The quantitative estimate of drug-likeness (QED) is 0.672. The van der Waals surface area contributed by atoms with Gasteiger partial charge in [0.25, 0.3) is 0 Å². The van der Waals surface area contributed by atoms with Gasteiger partial charge in [0.15, 0.2) is 0 Å².